The van der Waals surface area contributed by atoms with Gasteiger partial charge in [-0.1, -0.05) is 42.5 Å². The van der Waals surface area contributed by atoms with E-state index < -0.39 is 24.4 Å². The van der Waals surface area contributed by atoms with Gasteiger partial charge in [-0.05, 0) is 22.8 Å². The number of amides is 4. The standard InChI is InChI=1S/C16H16N3O3/c17-14(20)10-19(16(18)22)15(21)8-6-11-5-7-12-3-1-2-4-13(12)9-11/h1-5,7-9H,6,10H2,(H2,17,20)(H2,18,22). The molecule has 0 atom stereocenters. The van der Waals surface area contributed by atoms with Gasteiger partial charge < -0.3 is 11.5 Å². The van der Waals surface area contributed by atoms with Gasteiger partial charge in [0.15, 0.2) is 0 Å². The summed E-state index contributed by atoms with van der Waals surface area (Å²) in [6.45, 7) is -0.525. The molecule has 6 nitrogen and oxygen atoms in total. The normalized spacial score (nSPS) is 10.4. The van der Waals surface area contributed by atoms with E-state index in [9.17, 15) is 14.4 Å². The lowest BCUT2D eigenvalue weighted by atomic mass is 10.0. The molecule has 0 spiro atoms. The minimum atomic E-state index is -1.00. The van der Waals surface area contributed by atoms with Gasteiger partial charge in [-0.25, -0.2) is 4.79 Å². The Kier molecular flexibility index (Phi) is 4.73. The van der Waals surface area contributed by atoms with Gasteiger partial charge in [0.2, 0.25) is 11.8 Å². The second kappa shape index (κ2) is 6.71. The summed E-state index contributed by atoms with van der Waals surface area (Å²) in [6.07, 6.45) is 1.63. The van der Waals surface area contributed by atoms with Crippen LogP contribution in [0.1, 0.15) is 5.56 Å². The van der Waals surface area contributed by atoms with Gasteiger partial charge in [-0.3, -0.25) is 14.5 Å². The molecule has 0 aliphatic heterocycles. The second-order valence-corrected chi connectivity index (χ2v) is 4.82. The number of hydrogen-bond acceptors (Lipinski definition) is 3. The summed E-state index contributed by atoms with van der Waals surface area (Å²) in [6, 6.07) is 12.7. The molecule has 22 heavy (non-hydrogen) atoms. The number of nitrogens with zero attached hydrogens (tertiary/aromatic N) is 1. The van der Waals surface area contributed by atoms with E-state index >= 15 is 0 Å². The third kappa shape index (κ3) is 3.82. The van der Waals surface area contributed by atoms with Crippen molar-refractivity contribution in [3.8, 4) is 0 Å². The first kappa shape index (κ1) is 15.5. The predicted molar refractivity (Wildman–Crippen MR) is 82.4 cm³/mol. The summed E-state index contributed by atoms with van der Waals surface area (Å²) in [5, 5.41) is 2.16. The number of rotatable bonds is 5. The molecule has 0 aromatic heterocycles. The largest absolute Gasteiger partial charge is 0.368 e. The Labute approximate surface area is 127 Å². The van der Waals surface area contributed by atoms with Crippen molar-refractivity contribution in [3.63, 3.8) is 0 Å². The lowest BCUT2D eigenvalue weighted by molar-refractivity contribution is -0.129. The fourth-order valence-electron chi connectivity index (χ4n) is 2.10. The van der Waals surface area contributed by atoms with Crippen LogP contribution in [-0.4, -0.2) is 29.3 Å². The van der Waals surface area contributed by atoms with Gasteiger partial charge in [-0.2, -0.15) is 0 Å². The Bertz CT molecular complexity index is 727. The molecule has 4 amide bonds. The Morgan fingerprint density at radius 3 is 2.32 bits per heavy atom. The first-order valence-corrected chi connectivity index (χ1v) is 6.67. The smallest absolute Gasteiger partial charge is 0.321 e. The molecule has 0 saturated heterocycles. The third-order valence-electron chi connectivity index (χ3n) is 3.17. The molecule has 1 radical (unpaired) electrons. The zero-order valence-electron chi connectivity index (χ0n) is 11.9. The van der Waals surface area contributed by atoms with Crippen LogP contribution in [0.5, 0.6) is 0 Å². The highest BCUT2D eigenvalue weighted by Gasteiger charge is 2.20. The fraction of sp³-hybridized carbons (Fsp3) is 0.125. The maximum atomic E-state index is 11.9. The average molecular weight is 298 g/mol. The van der Waals surface area contributed by atoms with Gasteiger partial charge in [-0.15, -0.1) is 0 Å². The lowest BCUT2D eigenvalue weighted by Gasteiger charge is -2.16. The summed E-state index contributed by atoms with van der Waals surface area (Å²) in [7, 11) is 0. The molecule has 2 rings (SSSR count). The van der Waals surface area contributed by atoms with E-state index in [0.29, 0.717) is 11.3 Å². The molecule has 0 unspecified atom stereocenters. The number of carbonyl (C=O) groups is 3. The van der Waals surface area contributed by atoms with Crippen molar-refractivity contribution < 1.29 is 14.4 Å². The van der Waals surface area contributed by atoms with Crippen LogP contribution >= 0.6 is 0 Å². The lowest BCUT2D eigenvalue weighted by Crippen LogP contribution is -2.45. The van der Waals surface area contributed by atoms with Crippen molar-refractivity contribution in [2.75, 3.05) is 6.54 Å². The van der Waals surface area contributed by atoms with Gasteiger partial charge >= 0.3 is 6.03 Å². The second-order valence-electron chi connectivity index (χ2n) is 4.82. The van der Waals surface area contributed by atoms with Crippen LogP contribution in [0, 0.1) is 6.42 Å². The van der Waals surface area contributed by atoms with Gasteiger partial charge in [0.05, 0.1) is 6.42 Å². The molecule has 2 aromatic carbocycles. The summed E-state index contributed by atoms with van der Waals surface area (Å²) >= 11 is 0. The van der Waals surface area contributed by atoms with Crippen LogP contribution in [0.3, 0.4) is 0 Å². The Balaban J connectivity index is 2.05. The van der Waals surface area contributed by atoms with Gasteiger partial charge in [0.25, 0.3) is 0 Å². The highest BCUT2D eigenvalue weighted by molar-refractivity contribution is 6.01. The van der Waals surface area contributed by atoms with E-state index in [1.54, 1.807) is 0 Å². The number of urea groups is 1. The van der Waals surface area contributed by atoms with Crippen molar-refractivity contribution in [1.29, 1.82) is 0 Å². The number of hydrogen-bond donors (Lipinski definition) is 2. The summed E-state index contributed by atoms with van der Waals surface area (Å²) in [4.78, 5) is 34.5. The van der Waals surface area contributed by atoms with E-state index in [1.165, 1.54) is 6.42 Å². The maximum absolute atomic E-state index is 11.9. The number of nitrogens with two attached hydrogens (primary N) is 2. The molecule has 0 aliphatic carbocycles. The van der Waals surface area contributed by atoms with Crippen molar-refractivity contribution >= 4 is 28.6 Å². The van der Waals surface area contributed by atoms with Gasteiger partial charge in [0.1, 0.15) is 6.54 Å². The maximum Gasteiger partial charge on any atom is 0.321 e. The van der Waals surface area contributed by atoms with Crippen LogP contribution in [0.4, 0.5) is 4.79 Å². The van der Waals surface area contributed by atoms with Crippen LogP contribution < -0.4 is 11.5 Å². The molecule has 2 aromatic rings. The van der Waals surface area contributed by atoms with E-state index in [4.69, 9.17) is 11.5 Å². The van der Waals surface area contributed by atoms with Crippen LogP contribution in [0.2, 0.25) is 0 Å². The Morgan fingerprint density at radius 2 is 1.68 bits per heavy atom. The number of carbonyl (C=O) groups excluding carboxylic acids is 3. The quantitative estimate of drug-likeness (QED) is 0.859. The SMILES string of the molecule is NC(=O)CN(C(N)=O)C(=O)[CH]Cc1ccc2ccccc2c1. The predicted octanol–water partition coefficient (Wildman–Crippen LogP) is 0.979. The molecular weight excluding hydrogens is 282 g/mol. The number of benzene rings is 2. The molecular formula is C16H16N3O3. The van der Waals surface area contributed by atoms with Crippen LogP contribution in [0.15, 0.2) is 42.5 Å². The van der Waals surface area contributed by atoms with E-state index in [-0.39, 0.29) is 0 Å². The monoisotopic (exact) mass is 298 g/mol. The number of imide groups is 1. The molecule has 0 bridgehead atoms. The molecule has 0 saturated carbocycles. The summed E-state index contributed by atoms with van der Waals surface area (Å²) in [5.74, 6) is -1.44. The highest BCUT2D eigenvalue weighted by Crippen LogP contribution is 2.16. The van der Waals surface area contributed by atoms with Gasteiger partial charge in [0, 0.05) is 0 Å². The molecule has 113 valence electrons. The molecule has 4 N–H and O–H groups in total. The number of fused-ring (bicyclic) bond motifs is 1. The minimum absolute atomic E-state index is 0.326. The van der Waals surface area contributed by atoms with E-state index in [1.807, 2.05) is 42.5 Å². The Hall–Kier alpha value is -2.89. The van der Waals surface area contributed by atoms with E-state index in [2.05, 4.69) is 0 Å². The zero-order chi connectivity index (χ0) is 16.1. The fourth-order valence-corrected chi connectivity index (χ4v) is 2.10. The van der Waals surface area contributed by atoms with Crippen LogP contribution in [0.25, 0.3) is 10.8 Å². The van der Waals surface area contributed by atoms with E-state index in [0.717, 1.165) is 16.3 Å². The Morgan fingerprint density at radius 1 is 1.00 bits per heavy atom. The van der Waals surface area contributed by atoms with Crippen molar-refractivity contribution in [2.45, 2.75) is 6.42 Å². The van der Waals surface area contributed by atoms with Crippen molar-refractivity contribution in [1.82, 2.24) is 4.90 Å². The average Bonchev–Trinajstić information content (AvgIpc) is 2.49. The van der Waals surface area contributed by atoms with Crippen LogP contribution in [-0.2, 0) is 16.0 Å². The molecule has 0 heterocycles. The summed E-state index contributed by atoms with van der Waals surface area (Å²) in [5.41, 5.74) is 11.0. The van der Waals surface area contributed by atoms with Crippen molar-refractivity contribution in [2.24, 2.45) is 11.5 Å². The first-order valence-electron chi connectivity index (χ1n) is 6.67. The molecule has 0 fully saturated rings. The topological polar surface area (TPSA) is 106 Å². The first-order chi connectivity index (χ1) is 10.5. The zero-order valence-corrected chi connectivity index (χ0v) is 11.9. The third-order valence-corrected chi connectivity index (χ3v) is 3.17. The molecule has 0 aliphatic rings. The molecule has 6 heteroatoms. The van der Waals surface area contributed by atoms with Crippen molar-refractivity contribution in [3.05, 3.63) is 54.4 Å². The summed E-state index contributed by atoms with van der Waals surface area (Å²) < 4.78 is 0. The highest BCUT2D eigenvalue weighted by atomic mass is 16.2. The minimum Gasteiger partial charge on any atom is -0.368 e. The number of primary amides is 2.